The predicted molar refractivity (Wildman–Crippen MR) is 360 cm³/mol. The van der Waals surface area contributed by atoms with E-state index in [1.807, 2.05) is 0 Å². The number of likely N-dealkylation sites (N-methyl/N-ethyl adjacent to an activating group) is 7. The van der Waals surface area contributed by atoms with Crippen LogP contribution in [0.1, 0.15) is 180 Å². The summed E-state index contributed by atoms with van der Waals surface area (Å²) in [6.07, 6.45) is 0.735. The number of fused-ring (bicyclic) bond motifs is 1. The summed E-state index contributed by atoms with van der Waals surface area (Å²) in [5.41, 5.74) is -4.55. The van der Waals surface area contributed by atoms with Crippen molar-refractivity contribution in [1.82, 2.24) is 60.0 Å². The van der Waals surface area contributed by atoms with Gasteiger partial charge in [0.25, 0.3) is 5.92 Å². The van der Waals surface area contributed by atoms with Gasteiger partial charge in [-0.15, -0.1) is 0 Å². The Morgan fingerprint density at radius 2 is 1.19 bits per heavy atom. The minimum atomic E-state index is -5.46. The number of aryl methyl sites for hydroxylation is 1. The third kappa shape index (κ3) is 19.8. The Kier molecular flexibility index (Phi) is 28.2. The molecule has 3 heterocycles. The fourth-order valence-corrected chi connectivity index (χ4v) is 15.6. The number of rotatable bonds is 11. The second kappa shape index (κ2) is 35.2. The number of likely N-dealkylation sites (tertiary alicyclic amines) is 1. The lowest BCUT2D eigenvalue weighted by molar-refractivity contribution is -0.156. The molecule has 12 amide bonds. The van der Waals surface area contributed by atoms with Gasteiger partial charge >= 0.3 is 6.18 Å². The molecule has 24 nitrogen and oxygen atoms in total. The number of benzene rings is 1. The smallest absolute Gasteiger partial charge is 0.343 e. The van der Waals surface area contributed by atoms with E-state index >= 15 is 36.7 Å². The van der Waals surface area contributed by atoms with Crippen molar-refractivity contribution >= 4 is 70.9 Å². The van der Waals surface area contributed by atoms with Crippen molar-refractivity contribution in [2.75, 3.05) is 88.6 Å². The van der Waals surface area contributed by atoms with Crippen LogP contribution in [0.15, 0.2) is 12.1 Å². The van der Waals surface area contributed by atoms with Crippen LogP contribution in [0.4, 0.5) is 30.7 Å². The number of hydrogen-bond acceptors (Lipinski definition) is 12. The normalized spacial score (nSPS) is 27.0. The van der Waals surface area contributed by atoms with E-state index in [0.29, 0.717) is 107 Å². The largest absolute Gasteiger partial charge is 0.422 e. The standard InChI is InChI=1S/C71H105F7N12O12/c1-11-23-50-61(95)80-59(43(3)12-2)66(100)84(6)40-56(93)82(4)41-57(94)86(8)51(36-44-24-15-13-16-25-44)64(98)83(5)39-54(91)79-49(29-28-45-34-47(72)58(48(73)35-45)71(76,77)78)63(97)90-42-70(74,75)38-53(90)62(96)81-69(30-19-20-31-69)68(102)88(10)60(46-26-17-14-18-27-46)67(101)87(9)52(37-55(92)85(50)7)65(99)89-32-21-22-33-89/h34-35,43-44,46,49-53,59-60H,11-33,36-42H2,1-10H3,(H,79,91)(H,80,95)(H,81,96)/t43-,49-,50-,51-,52-,53-,59-,60-/m0/s1. The summed E-state index contributed by atoms with van der Waals surface area (Å²) >= 11 is 0. The molecule has 0 radical (unpaired) electrons. The average molecular weight is 1450 g/mol. The van der Waals surface area contributed by atoms with Crippen LogP contribution in [-0.4, -0.2) is 257 Å². The van der Waals surface area contributed by atoms with Gasteiger partial charge in [0.1, 0.15) is 65.0 Å². The van der Waals surface area contributed by atoms with Gasteiger partial charge in [-0.3, -0.25) is 57.5 Å². The van der Waals surface area contributed by atoms with Gasteiger partial charge < -0.3 is 60.0 Å². The number of hydrogen-bond donors (Lipinski definition) is 3. The lowest BCUT2D eigenvalue weighted by atomic mass is 9.81. The van der Waals surface area contributed by atoms with Gasteiger partial charge in [-0.05, 0) is 99.7 Å². The highest BCUT2D eigenvalue weighted by molar-refractivity contribution is 6.01. The Morgan fingerprint density at radius 3 is 1.76 bits per heavy atom. The zero-order chi connectivity index (χ0) is 75.5. The number of amides is 12. The van der Waals surface area contributed by atoms with Gasteiger partial charge in [0, 0.05) is 68.8 Å². The first-order valence-corrected chi connectivity index (χ1v) is 36.2. The van der Waals surface area contributed by atoms with Crippen molar-refractivity contribution in [2.45, 2.75) is 235 Å². The van der Waals surface area contributed by atoms with E-state index in [9.17, 15) is 51.5 Å². The van der Waals surface area contributed by atoms with Crippen molar-refractivity contribution in [3.63, 3.8) is 0 Å². The first kappa shape index (κ1) is 81.7. The first-order valence-electron chi connectivity index (χ1n) is 36.2. The Labute approximate surface area is 593 Å². The van der Waals surface area contributed by atoms with Gasteiger partial charge in [0.05, 0.1) is 32.6 Å². The second-order valence-electron chi connectivity index (χ2n) is 29.5. The van der Waals surface area contributed by atoms with Crippen molar-refractivity contribution in [1.29, 1.82) is 0 Å². The van der Waals surface area contributed by atoms with E-state index in [1.165, 1.54) is 64.0 Å². The zero-order valence-corrected chi connectivity index (χ0v) is 60.7. The molecule has 1 aromatic carbocycles. The molecule has 3 aliphatic carbocycles. The van der Waals surface area contributed by atoms with Crippen molar-refractivity contribution in [3.8, 4) is 0 Å². The molecule has 3 saturated heterocycles. The SMILES string of the molecule is CCC[C@H]1C(=O)N[C@@H]([C@@H](C)CC)C(=O)N(C)CC(=O)N(C)CC(=O)N(C)[C@@H](CC2CCCCC2)C(=O)N(C)CC(=O)N[C@@H](CCc2cc(F)c(C(F)(F)F)c(F)c2)C(=O)N2CC(F)(F)C[C@H]2C(=O)NC2(CCCC2)C(=O)N(C)[C@@H](C2CCCCC2)C(=O)N(C)[C@H](C(=O)N2CCCC2)CC(=O)N1C. The van der Waals surface area contributed by atoms with Crippen LogP contribution in [0.25, 0.3) is 0 Å². The van der Waals surface area contributed by atoms with E-state index in [4.69, 9.17) is 0 Å². The van der Waals surface area contributed by atoms with E-state index in [-0.39, 0.29) is 31.6 Å². The lowest BCUT2D eigenvalue weighted by Gasteiger charge is -2.43. The van der Waals surface area contributed by atoms with Crippen molar-refractivity contribution in [3.05, 3.63) is 34.9 Å². The number of halogens is 7. The summed E-state index contributed by atoms with van der Waals surface area (Å²) in [5, 5.41) is 7.98. The third-order valence-corrected chi connectivity index (χ3v) is 22.0. The molecular formula is C71H105F7N12O12. The summed E-state index contributed by atoms with van der Waals surface area (Å²) < 4.78 is 104. The molecule has 0 aromatic heterocycles. The van der Waals surface area contributed by atoms with Crippen LogP contribution in [0.3, 0.4) is 0 Å². The maximum absolute atomic E-state index is 16.1. The Hall–Kier alpha value is -7.63. The number of carbonyl (C=O) groups is 12. The molecule has 0 bridgehead atoms. The number of carbonyl (C=O) groups excluding carboxylic acids is 12. The van der Waals surface area contributed by atoms with Gasteiger partial charge in [0.15, 0.2) is 0 Å². The fourth-order valence-electron chi connectivity index (χ4n) is 15.6. The van der Waals surface area contributed by atoms with Crippen LogP contribution in [0.5, 0.6) is 0 Å². The highest BCUT2D eigenvalue weighted by atomic mass is 19.4. The molecule has 1 aromatic rings. The number of alkyl halides is 5. The third-order valence-electron chi connectivity index (χ3n) is 22.0. The average Bonchev–Trinajstić information content (AvgIpc) is 1.54. The topological polar surface area (TPSA) is 270 Å². The highest BCUT2D eigenvalue weighted by Gasteiger charge is 2.55. The quantitative estimate of drug-likeness (QED) is 0.227. The minimum Gasteiger partial charge on any atom is -0.343 e. The van der Waals surface area contributed by atoms with E-state index < -0.39 is 217 Å². The summed E-state index contributed by atoms with van der Waals surface area (Å²) in [6.45, 7) is 2.39. The summed E-state index contributed by atoms with van der Waals surface area (Å²) in [7, 11) is 9.30. The Morgan fingerprint density at radius 1 is 0.618 bits per heavy atom. The second-order valence-corrected chi connectivity index (χ2v) is 29.5. The Bertz CT molecular complexity index is 3210. The van der Waals surface area contributed by atoms with Crippen molar-refractivity contribution < 1.29 is 88.3 Å². The van der Waals surface area contributed by atoms with Crippen LogP contribution >= 0.6 is 0 Å². The first-order chi connectivity index (χ1) is 48.0. The molecule has 570 valence electrons. The molecule has 3 saturated carbocycles. The van der Waals surface area contributed by atoms with E-state index in [0.717, 1.165) is 50.2 Å². The number of nitrogens with zero attached hydrogens (tertiary/aromatic N) is 9. The maximum atomic E-state index is 16.1. The molecule has 102 heavy (non-hydrogen) atoms. The molecule has 3 aliphatic heterocycles. The highest BCUT2D eigenvalue weighted by Crippen LogP contribution is 2.40. The monoisotopic (exact) mass is 1450 g/mol. The molecule has 6 aliphatic rings. The van der Waals surface area contributed by atoms with Crippen LogP contribution < -0.4 is 16.0 Å². The van der Waals surface area contributed by atoms with Crippen LogP contribution in [0.2, 0.25) is 0 Å². The molecule has 3 N–H and O–H groups in total. The predicted octanol–water partition coefficient (Wildman–Crippen LogP) is 5.66. The van der Waals surface area contributed by atoms with Crippen LogP contribution in [0, 0.1) is 29.4 Å². The van der Waals surface area contributed by atoms with E-state index in [2.05, 4.69) is 16.0 Å². The molecule has 6 fully saturated rings. The van der Waals surface area contributed by atoms with Gasteiger partial charge in [0.2, 0.25) is 70.9 Å². The molecule has 0 unspecified atom stereocenters. The summed E-state index contributed by atoms with van der Waals surface area (Å²) in [4.78, 5) is 188. The maximum Gasteiger partial charge on any atom is 0.422 e. The molecular weight excluding hydrogens is 1350 g/mol. The number of nitrogens with one attached hydrogen (secondary N) is 3. The van der Waals surface area contributed by atoms with Crippen LogP contribution in [-0.2, 0) is 70.1 Å². The summed E-state index contributed by atoms with van der Waals surface area (Å²) in [5.74, 6) is -19.2. The van der Waals surface area contributed by atoms with Gasteiger partial charge in [-0.25, -0.2) is 17.6 Å². The van der Waals surface area contributed by atoms with E-state index in [1.54, 1.807) is 20.8 Å². The fraction of sp³-hybridized carbons (Fsp3) is 0.746. The minimum absolute atomic E-state index is 0.0693. The summed E-state index contributed by atoms with van der Waals surface area (Å²) in [6, 6.07) is -9.92. The van der Waals surface area contributed by atoms with Gasteiger partial charge in [-0.2, -0.15) is 13.2 Å². The lowest BCUT2D eigenvalue weighted by Crippen LogP contribution is -2.65. The molecule has 7 rings (SSSR count). The van der Waals surface area contributed by atoms with Crippen molar-refractivity contribution in [2.24, 2.45) is 17.8 Å². The molecule has 31 heteroatoms. The Balaban J connectivity index is 1.31. The van der Waals surface area contributed by atoms with Gasteiger partial charge in [-0.1, -0.05) is 97.8 Å². The molecule has 8 atom stereocenters. The molecule has 1 spiro atoms. The zero-order valence-electron chi connectivity index (χ0n) is 60.7.